The van der Waals surface area contributed by atoms with Crippen molar-refractivity contribution in [1.29, 1.82) is 0 Å². The van der Waals surface area contributed by atoms with Crippen LogP contribution < -0.4 is 5.32 Å². The van der Waals surface area contributed by atoms with Gasteiger partial charge in [0.1, 0.15) is 5.82 Å². The fourth-order valence-electron chi connectivity index (χ4n) is 2.98. The quantitative estimate of drug-likeness (QED) is 0.875. The molecule has 1 aliphatic rings. The van der Waals surface area contributed by atoms with Crippen molar-refractivity contribution in [2.24, 2.45) is 0 Å². The highest BCUT2D eigenvalue weighted by Crippen LogP contribution is 2.28. The molecule has 0 aromatic heterocycles. The van der Waals surface area contributed by atoms with Gasteiger partial charge in [0.15, 0.2) is 6.10 Å². The smallest absolute Gasteiger partial charge is 0.305 e. The number of aliphatic carboxylic acids is 1. The Balaban J connectivity index is 1.81. The van der Waals surface area contributed by atoms with E-state index in [0.29, 0.717) is 12.2 Å². The second kappa shape index (κ2) is 7.44. The minimum absolute atomic E-state index is 0.300. The summed E-state index contributed by atoms with van der Waals surface area (Å²) in [5.41, 5.74) is 2.37. The lowest BCUT2D eigenvalue weighted by molar-refractivity contribution is -0.139. The van der Waals surface area contributed by atoms with Crippen molar-refractivity contribution in [2.45, 2.75) is 25.0 Å². The van der Waals surface area contributed by atoms with E-state index in [1.165, 1.54) is 24.3 Å². The van der Waals surface area contributed by atoms with E-state index >= 15 is 0 Å². The lowest BCUT2D eigenvalue weighted by Gasteiger charge is -2.27. The van der Waals surface area contributed by atoms with Crippen LogP contribution in [0, 0.1) is 5.82 Å². The van der Waals surface area contributed by atoms with Gasteiger partial charge in [0.25, 0.3) is 5.91 Å². The number of rotatable bonds is 5. The third kappa shape index (κ3) is 4.03. The molecule has 2 aromatic carbocycles. The number of hydrogen-bond acceptors (Lipinski definition) is 3. The number of benzene rings is 2. The lowest BCUT2D eigenvalue weighted by atomic mass is 9.96. The van der Waals surface area contributed by atoms with E-state index in [2.05, 4.69) is 5.32 Å². The number of nitrogens with one attached hydrogen (secondary N) is 1. The van der Waals surface area contributed by atoms with Crippen LogP contribution in [0.4, 0.5) is 4.39 Å². The molecule has 3 rings (SSSR count). The maximum absolute atomic E-state index is 13.1. The summed E-state index contributed by atoms with van der Waals surface area (Å²) in [5, 5.41) is 11.9. The summed E-state index contributed by atoms with van der Waals surface area (Å²) in [6.45, 7) is 0.426. The number of ether oxygens (including phenoxy) is 1. The van der Waals surface area contributed by atoms with Crippen molar-refractivity contribution in [3.05, 3.63) is 71.0 Å². The highest BCUT2D eigenvalue weighted by atomic mass is 19.1. The first-order chi connectivity index (χ1) is 12.0. The summed E-state index contributed by atoms with van der Waals surface area (Å²) in [5.74, 6) is -1.88. The Labute approximate surface area is 144 Å². The standard InChI is InChI=1S/C19H18FNO4/c20-14-7-5-13(6-8-14)16(11-17(22)23)21-19(24)18-15-4-2-1-3-12(15)9-10-25-18/h1-8,16,18H,9-11H2,(H,21,24)(H,22,23). The van der Waals surface area contributed by atoms with Crippen LogP contribution in [0.25, 0.3) is 0 Å². The molecule has 5 nitrogen and oxygen atoms in total. The number of amides is 1. The number of carboxylic acids is 1. The molecule has 1 aliphatic heterocycles. The lowest BCUT2D eigenvalue weighted by Crippen LogP contribution is -2.37. The Bertz CT molecular complexity index is 775. The molecule has 0 spiro atoms. The SMILES string of the molecule is O=C(O)CC(NC(=O)C1OCCc2ccccc21)c1ccc(F)cc1. The minimum atomic E-state index is -1.06. The third-order valence-corrected chi connectivity index (χ3v) is 4.20. The molecule has 2 atom stereocenters. The van der Waals surface area contributed by atoms with Crippen LogP contribution in [-0.2, 0) is 20.7 Å². The molecule has 1 amide bonds. The molecule has 0 saturated heterocycles. The van der Waals surface area contributed by atoms with Crippen LogP contribution in [0.15, 0.2) is 48.5 Å². The predicted molar refractivity (Wildman–Crippen MR) is 88.4 cm³/mol. The zero-order chi connectivity index (χ0) is 17.8. The van der Waals surface area contributed by atoms with E-state index in [-0.39, 0.29) is 6.42 Å². The fourth-order valence-corrected chi connectivity index (χ4v) is 2.98. The minimum Gasteiger partial charge on any atom is -0.481 e. The average Bonchev–Trinajstić information content (AvgIpc) is 2.61. The number of carbonyl (C=O) groups excluding carboxylic acids is 1. The first kappa shape index (κ1) is 17.1. The maximum atomic E-state index is 13.1. The normalized spacial score (nSPS) is 17.4. The summed E-state index contributed by atoms with van der Waals surface area (Å²) >= 11 is 0. The Kier molecular flexibility index (Phi) is 5.09. The maximum Gasteiger partial charge on any atom is 0.305 e. The topological polar surface area (TPSA) is 75.6 Å². The second-order valence-electron chi connectivity index (χ2n) is 5.91. The van der Waals surface area contributed by atoms with Crippen molar-refractivity contribution in [3.8, 4) is 0 Å². The van der Waals surface area contributed by atoms with Gasteiger partial charge in [-0.2, -0.15) is 0 Å². The number of fused-ring (bicyclic) bond motifs is 1. The van der Waals surface area contributed by atoms with Crippen molar-refractivity contribution in [2.75, 3.05) is 6.61 Å². The summed E-state index contributed by atoms with van der Waals surface area (Å²) in [4.78, 5) is 23.8. The van der Waals surface area contributed by atoms with Gasteiger partial charge in [0.05, 0.1) is 19.1 Å². The molecule has 0 aliphatic carbocycles. The molecular formula is C19H18FNO4. The molecule has 6 heteroatoms. The van der Waals surface area contributed by atoms with E-state index in [1.807, 2.05) is 24.3 Å². The van der Waals surface area contributed by atoms with E-state index in [0.717, 1.165) is 17.5 Å². The summed E-state index contributed by atoms with van der Waals surface area (Å²) < 4.78 is 18.7. The van der Waals surface area contributed by atoms with E-state index in [9.17, 15) is 14.0 Å². The number of carbonyl (C=O) groups is 2. The van der Waals surface area contributed by atoms with Gasteiger partial charge in [-0.05, 0) is 35.2 Å². The van der Waals surface area contributed by atoms with Gasteiger partial charge in [-0.25, -0.2) is 4.39 Å². The first-order valence-corrected chi connectivity index (χ1v) is 8.01. The first-order valence-electron chi connectivity index (χ1n) is 8.01. The van der Waals surface area contributed by atoms with Crippen LogP contribution in [0.2, 0.25) is 0 Å². The summed E-state index contributed by atoms with van der Waals surface area (Å²) in [6.07, 6.45) is -0.343. The Morgan fingerprint density at radius 3 is 2.64 bits per heavy atom. The van der Waals surface area contributed by atoms with Crippen LogP contribution in [0.3, 0.4) is 0 Å². The monoisotopic (exact) mass is 343 g/mol. The van der Waals surface area contributed by atoms with E-state index in [4.69, 9.17) is 9.84 Å². The average molecular weight is 343 g/mol. The fraction of sp³-hybridized carbons (Fsp3) is 0.263. The van der Waals surface area contributed by atoms with Gasteiger partial charge in [0.2, 0.25) is 0 Å². The summed E-state index contributed by atoms with van der Waals surface area (Å²) in [7, 11) is 0. The molecule has 2 unspecified atom stereocenters. The Morgan fingerprint density at radius 2 is 1.92 bits per heavy atom. The molecule has 0 saturated carbocycles. The highest BCUT2D eigenvalue weighted by Gasteiger charge is 2.29. The molecule has 1 heterocycles. The van der Waals surface area contributed by atoms with Gasteiger partial charge in [-0.3, -0.25) is 9.59 Å². The molecule has 2 N–H and O–H groups in total. The number of carboxylic acid groups (broad SMARTS) is 1. The van der Waals surface area contributed by atoms with Gasteiger partial charge in [-0.15, -0.1) is 0 Å². The predicted octanol–water partition coefficient (Wildman–Crippen LogP) is 2.77. The molecule has 0 fully saturated rings. The van der Waals surface area contributed by atoms with Crippen LogP contribution in [-0.4, -0.2) is 23.6 Å². The highest BCUT2D eigenvalue weighted by molar-refractivity contribution is 5.84. The van der Waals surface area contributed by atoms with Crippen LogP contribution in [0.5, 0.6) is 0 Å². The largest absolute Gasteiger partial charge is 0.481 e. The summed E-state index contributed by atoms with van der Waals surface area (Å²) in [6, 6.07) is 12.2. The molecule has 2 aromatic rings. The second-order valence-corrected chi connectivity index (χ2v) is 5.91. The van der Waals surface area contributed by atoms with Gasteiger partial charge in [0, 0.05) is 0 Å². The van der Waals surface area contributed by atoms with Crippen LogP contribution in [0.1, 0.15) is 35.3 Å². The van der Waals surface area contributed by atoms with Crippen molar-refractivity contribution in [1.82, 2.24) is 5.32 Å². The number of halogens is 1. The Morgan fingerprint density at radius 1 is 1.20 bits per heavy atom. The molecule has 130 valence electrons. The van der Waals surface area contributed by atoms with Gasteiger partial charge in [-0.1, -0.05) is 36.4 Å². The molecular weight excluding hydrogens is 325 g/mol. The van der Waals surface area contributed by atoms with Crippen LogP contribution >= 0.6 is 0 Å². The molecule has 0 radical (unpaired) electrons. The van der Waals surface area contributed by atoms with Crippen molar-refractivity contribution >= 4 is 11.9 Å². The molecule has 25 heavy (non-hydrogen) atoms. The van der Waals surface area contributed by atoms with Crippen molar-refractivity contribution < 1.29 is 23.8 Å². The zero-order valence-corrected chi connectivity index (χ0v) is 13.4. The Hall–Kier alpha value is -2.73. The zero-order valence-electron chi connectivity index (χ0n) is 13.4. The third-order valence-electron chi connectivity index (χ3n) is 4.20. The van der Waals surface area contributed by atoms with Gasteiger partial charge >= 0.3 is 5.97 Å². The van der Waals surface area contributed by atoms with Gasteiger partial charge < -0.3 is 15.2 Å². The van der Waals surface area contributed by atoms with E-state index in [1.54, 1.807) is 0 Å². The number of hydrogen-bond donors (Lipinski definition) is 2. The van der Waals surface area contributed by atoms with E-state index < -0.39 is 29.8 Å². The van der Waals surface area contributed by atoms with Crippen molar-refractivity contribution in [3.63, 3.8) is 0 Å². The molecule has 0 bridgehead atoms.